The largest absolute Gasteiger partial charge is 0.345 e. The minimum atomic E-state index is -0.301. The van der Waals surface area contributed by atoms with Crippen LogP contribution in [0.3, 0.4) is 0 Å². The van der Waals surface area contributed by atoms with Crippen molar-refractivity contribution in [2.75, 3.05) is 11.1 Å². The Balaban J connectivity index is 1.58. The molecule has 0 radical (unpaired) electrons. The van der Waals surface area contributed by atoms with Crippen LogP contribution in [-0.4, -0.2) is 32.3 Å². The maximum Gasteiger partial charge on any atom is 0.253 e. The summed E-state index contributed by atoms with van der Waals surface area (Å²) in [4.78, 5) is 24.6. The molecular formula is C20H18Cl3N5O2S. The van der Waals surface area contributed by atoms with Gasteiger partial charge in [0.05, 0.1) is 33.6 Å². The average molecular weight is 499 g/mol. The summed E-state index contributed by atoms with van der Waals surface area (Å²) in [5.41, 5.74) is 0.871. The first-order valence-electron chi connectivity index (χ1n) is 9.21. The van der Waals surface area contributed by atoms with Gasteiger partial charge in [0, 0.05) is 11.6 Å². The van der Waals surface area contributed by atoms with Crippen LogP contribution in [0.4, 0.5) is 5.69 Å². The number of rotatable bonds is 8. The van der Waals surface area contributed by atoms with Gasteiger partial charge in [-0.05, 0) is 37.3 Å². The number of benzene rings is 2. The SMILES string of the molecule is CCn1c(CNC(=O)c2ccccc2Cl)nnc1SCC(=O)Nc1ccc(Cl)cc1Cl. The number of nitrogens with one attached hydrogen (secondary N) is 2. The molecule has 7 nitrogen and oxygen atoms in total. The van der Waals surface area contributed by atoms with E-state index in [1.165, 1.54) is 11.8 Å². The smallest absolute Gasteiger partial charge is 0.253 e. The van der Waals surface area contributed by atoms with Crippen LogP contribution >= 0.6 is 46.6 Å². The lowest BCUT2D eigenvalue weighted by Crippen LogP contribution is -2.25. The van der Waals surface area contributed by atoms with Gasteiger partial charge >= 0.3 is 0 Å². The molecule has 0 fully saturated rings. The topological polar surface area (TPSA) is 88.9 Å². The van der Waals surface area contributed by atoms with Gasteiger partial charge in [-0.1, -0.05) is 58.7 Å². The molecular weight excluding hydrogens is 481 g/mol. The van der Waals surface area contributed by atoms with Crippen LogP contribution in [-0.2, 0) is 17.9 Å². The zero-order chi connectivity index (χ0) is 22.4. The first kappa shape index (κ1) is 23.4. The van der Waals surface area contributed by atoms with Gasteiger partial charge in [-0.15, -0.1) is 10.2 Å². The van der Waals surface area contributed by atoms with Gasteiger partial charge < -0.3 is 15.2 Å². The minimum Gasteiger partial charge on any atom is -0.345 e. The molecule has 0 unspecified atom stereocenters. The zero-order valence-corrected chi connectivity index (χ0v) is 19.4. The Hall–Kier alpha value is -2.26. The predicted octanol–water partition coefficient (Wildman–Crippen LogP) is 4.92. The second-order valence-electron chi connectivity index (χ2n) is 6.27. The normalized spacial score (nSPS) is 10.7. The number of halogens is 3. The van der Waals surface area contributed by atoms with Crippen LogP contribution in [0.5, 0.6) is 0 Å². The lowest BCUT2D eigenvalue weighted by molar-refractivity contribution is -0.113. The predicted molar refractivity (Wildman–Crippen MR) is 124 cm³/mol. The van der Waals surface area contributed by atoms with E-state index in [0.717, 1.165) is 0 Å². The summed E-state index contributed by atoms with van der Waals surface area (Å²) < 4.78 is 1.83. The lowest BCUT2D eigenvalue weighted by Gasteiger charge is -2.10. The van der Waals surface area contributed by atoms with Gasteiger partial charge in [-0.2, -0.15) is 0 Å². The van der Waals surface area contributed by atoms with Gasteiger partial charge in [0.1, 0.15) is 0 Å². The zero-order valence-electron chi connectivity index (χ0n) is 16.4. The minimum absolute atomic E-state index is 0.114. The molecule has 0 saturated carbocycles. The van der Waals surface area contributed by atoms with Crippen molar-refractivity contribution in [3.63, 3.8) is 0 Å². The maximum absolute atomic E-state index is 12.4. The molecule has 2 aromatic carbocycles. The van der Waals surface area contributed by atoms with Crippen molar-refractivity contribution in [2.45, 2.75) is 25.2 Å². The molecule has 0 spiro atoms. The van der Waals surface area contributed by atoms with Crippen molar-refractivity contribution in [3.05, 3.63) is 68.9 Å². The molecule has 162 valence electrons. The van der Waals surface area contributed by atoms with Gasteiger partial charge in [0.2, 0.25) is 5.91 Å². The fourth-order valence-corrected chi connectivity index (χ4v) is 4.18. The van der Waals surface area contributed by atoms with Crippen molar-refractivity contribution >= 4 is 64.1 Å². The number of carbonyl (C=O) groups excluding carboxylic acids is 2. The molecule has 3 rings (SSSR count). The summed E-state index contributed by atoms with van der Waals surface area (Å²) in [5.74, 6) is 0.146. The number of aromatic nitrogens is 3. The van der Waals surface area contributed by atoms with Crippen molar-refractivity contribution in [2.24, 2.45) is 0 Å². The Morgan fingerprint density at radius 2 is 1.84 bits per heavy atom. The van der Waals surface area contributed by atoms with Crippen LogP contribution in [0.25, 0.3) is 0 Å². The summed E-state index contributed by atoms with van der Waals surface area (Å²) in [6.45, 7) is 2.69. The van der Waals surface area contributed by atoms with E-state index >= 15 is 0 Å². The van der Waals surface area contributed by atoms with Crippen molar-refractivity contribution in [1.29, 1.82) is 0 Å². The summed E-state index contributed by atoms with van der Waals surface area (Å²) >= 11 is 19.2. The monoisotopic (exact) mass is 497 g/mol. The highest BCUT2D eigenvalue weighted by Gasteiger charge is 2.16. The number of thioether (sulfide) groups is 1. The maximum atomic E-state index is 12.4. The molecule has 0 aliphatic rings. The molecule has 0 bridgehead atoms. The molecule has 1 aromatic heterocycles. The number of amides is 2. The van der Waals surface area contributed by atoms with Gasteiger partial charge in [0.15, 0.2) is 11.0 Å². The highest BCUT2D eigenvalue weighted by Crippen LogP contribution is 2.26. The Labute approximate surface area is 198 Å². The molecule has 11 heteroatoms. The molecule has 0 aliphatic heterocycles. The standard InChI is InChI=1S/C20H18Cl3N5O2S/c1-2-28-17(10-24-19(30)13-5-3-4-6-14(13)22)26-27-20(28)31-11-18(29)25-16-8-7-12(21)9-15(16)23/h3-9H,2,10-11H2,1H3,(H,24,30)(H,25,29). The van der Waals surface area contributed by atoms with E-state index < -0.39 is 0 Å². The number of hydrogen-bond acceptors (Lipinski definition) is 5. The molecule has 31 heavy (non-hydrogen) atoms. The Kier molecular flexibility index (Phi) is 8.20. The lowest BCUT2D eigenvalue weighted by atomic mass is 10.2. The summed E-state index contributed by atoms with van der Waals surface area (Å²) in [5, 5.41) is 15.6. The molecule has 1 heterocycles. The van der Waals surface area contributed by atoms with E-state index in [-0.39, 0.29) is 24.1 Å². The summed E-state index contributed by atoms with van der Waals surface area (Å²) in [7, 11) is 0. The highest BCUT2D eigenvalue weighted by atomic mass is 35.5. The number of hydrogen-bond donors (Lipinski definition) is 2. The molecule has 2 amide bonds. The van der Waals surface area contributed by atoms with Crippen molar-refractivity contribution < 1.29 is 9.59 Å². The van der Waals surface area contributed by atoms with Crippen LogP contribution in [0.1, 0.15) is 23.1 Å². The fourth-order valence-electron chi connectivity index (χ4n) is 2.68. The van der Waals surface area contributed by atoms with E-state index in [1.807, 2.05) is 11.5 Å². The average Bonchev–Trinajstić information content (AvgIpc) is 3.14. The van der Waals surface area contributed by atoms with Gasteiger partial charge in [0.25, 0.3) is 5.91 Å². The van der Waals surface area contributed by atoms with Crippen molar-refractivity contribution in [1.82, 2.24) is 20.1 Å². The molecule has 0 atom stereocenters. The summed E-state index contributed by atoms with van der Waals surface area (Å²) in [6.07, 6.45) is 0. The second-order valence-corrected chi connectivity index (χ2v) is 8.46. The van der Waals surface area contributed by atoms with Crippen LogP contribution in [0.2, 0.25) is 15.1 Å². The molecule has 2 N–H and O–H groups in total. The van der Waals surface area contributed by atoms with E-state index in [4.69, 9.17) is 34.8 Å². The molecule has 0 aliphatic carbocycles. The van der Waals surface area contributed by atoms with E-state index in [0.29, 0.717) is 43.8 Å². The van der Waals surface area contributed by atoms with Gasteiger partial charge in [-0.25, -0.2) is 0 Å². The molecule has 0 saturated heterocycles. The molecule has 3 aromatic rings. The van der Waals surface area contributed by atoms with E-state index in [2.05, 4.69) is 20.8 Å². The Bertz CT molecular complexity index is 1110. The van der Waals surface area contributed by atoms with Crippen LogP contribution < -0.4 is 10.6 Å². The Morgan fingerprint density at radius 1 is 1.06 bits per heavy atom. The summed E-state index contributed by atoms with van der Waals surface area (Å²) in [6, 6.07) is 11.6. The fraction of sp³-hybridized carbons (Fsp3) is 0.200. The van der Waals surface area contributed by atoms with Crippen LogP contribution in [0, 0.1) is 0 Å². The third-order valence-corrected chi connectivity index (χ3v) is 6.02. The third-order valence-electron chi connectivity index (χ3n) is 4.17. The number of anilines is 1. The highest BCUT2D eigenvalue weighted by molar-refractivity contribution is 7.99. The Morgan fingerprint density at radius 3 is 2.55 bits per heavy atom. The number of carbonyl (C=O) groups is 2. The first-order valence-corrected chi connectivity index (χ1v) is 11.3. The van der Waals surface area contributed by atoms with Gasteiger partial charge in [-0.3, -0.25) is 9.59 Å². The quantitative estimate of drug-likeness (QED) is 0.430. The van der Waals surface area contributed by atoms with Crippen LogP contribution in [0.15, 0.2) is 47.6 Å². The van der Waals surface area contributed by atoms with E-state index in [1.54, 1.807) is 42.5 Å². The van der Waals surface area contributed by atoms with Crippen molar-refractivity contribution in [3.8, 4) is 0 Å². The third kappa shape index (κ3) is 6.13. The second kappa shape index (κ2) is 10.9. The number of nitrogens with zero attached hydrogens (tertiary/aromatic N) is 3. The van der Waals surface area contributed by atoms with E-state index in [9.17, 15) is 9.59 Å². The first-order chi connectivity index (χ1) is 14.9.